The third-order valence-electron chi connectivity index (χ3n) is 4.49. The topological polar surface area (TPSA) is 92.7 Å². The number of carbonyl (C=O) groups excluding carboxylic acids is 1. The van der Waals surface area contributed by atoms with Crippen LogP contribution < -0.4 is 10.9 Å². The van der Waals surface area contributed by atoms with Crippen LogP contribution in [0, 0.1) is 5.82 Å². The first-order chi connectivity index (χ1) is 13.5. The van der Waals surface area contributed by atoms with Gasteiger partial charge in [0, 0.05) is 24.8 Å². The first-order valence-electron chi connectivity index (χ1n) is 8.55. The predicted octanol–water partition coefficient (Wildman–Crippen LogP) is 2.32. The second kappa shape index (κ2) is 7.07. The van der Waals surface area contributed by atoms with Gasteiger partial charge in [0.15, 0.2) is 5.69 Å². The lowest BCUT2D eigenvalue weighted by molar-refractivity contribution is 0.0937. The standard InChI is InChI=1S/C20H16FN5O2/c1-26-10-9-22-18(26)16(12-5-4-6-13(21)11-12)23-20(28)17-14-7-2-3-8-15(14)19(27)25-24-17/h2-11,16H,1H3,(H,23,28)(H,25,27)/t16-/m0/s1. The molecule has 0 aliphatic carbocycles. The number of halogens is 1. The summed E-state index contributed by atoms with van der Waals surface area (Å²) in [6, 6.07) is 12.0. The largest absolute Gasteiger partial charge is 0.337 e. The van der Waals surface area contributed by atoms with Crippen LogP contribution >= 0.6 is 0 Å². The van der Waals surface area contributed by atoms with Crippen LogP contribution in [-0.4, -0.2) is 25.7 Å². The quantitative estimate of drug-likeness (QED) is 0.571. The average molecular weight is 377 g/mol. The van der Waals surface area contributed by atoms with Crippen molar-refractivity contribution in [1.82, 2.24) is 25.1 Å². The van der Waals surface area contributed by atoms with Gasteiger partial charge in [-0.25, -0.2) is 14.5 Å². The minimum Gasteiger partial charge on any atom is -0.337 e. The third-order valence-corrected chi connectivity index (χ3v) is 4.49. The number of amides is 1. The number of aryl methyl sites for hydroxylation is 1. The molecule has 0 aliphatic rings. The van der Waals surface area contributed by atoms with Crippen LogP contribution in [0.5, 0.6) is 0 Å². The second-order valence-corrected chi connectivity index (χ2v) is 6.30. The molecule has 2 N–H and O–H groups in total. The molecule has 0 unspecified atom stereocenters. The number of aromatic nitrogens is 4. The Labute approximate surface area is 158 Å². The number of hydrogen-bond donors (Lipinski definition) is 2. The molecule has 0 aliphatic heterocycles. The average Bonchev–Trinajstić information content (AvgIpc) is 3.12. The lowest BCUT2D eigenvalue weighted by Crippen LogP contribution is -2.32. The highest BCUT2D eigenvalue weighted by Crippen LogP contribution is 2.22. The van der Waals surface area contributed by atoms with Crippen molar-refractivity contribution >= 4 is 16.7 Å². The summed E-state index contributed by atoms with van der Waals surface area (Å²) in [5.74, 6) is -0.393. The Hall–Kier alpha value is -3.81. The number of aromatic amines is 1. The maximum absolute atomic E-state index is 13.8. The molecule has 1 atom stereocenters. The number of fused-ring (bicyclic) bond motifs is 1. The molecule has 8 heteroatoms. The van der Waals surface area contributed by atoms with Gasteiger partial charge >= 0.3 is 0 Å². The van der Waals surface area contributed by atoms with Crippen molar-refractivity contribution < 1.29 is 9.18 Å². The summed E-state index contributed by atoms with van der Waals surface area (Å²) in [6.45, 7) is 0. The molecule has 0 fully saturated rings. The number of nitrogens with zero attached hydrogens (tertiary/aromatic N) is 3. The first kappa shape index (κ1) is 17.6. The highest BCUT2D eigenvalue weighted by Gasteiger charge is 2.24. The van der Waals surface area contributed by atoms with Gasteiger partial charge in [-0.2, -0.15) is 5.10 Å². The summed E-state index contributed by atoms with van der Waals surface area (Å²) in [5, 5.41) is 9.92. The minimum absolute atomic E-state index is 0.0748. The Morgan fingerprint density at radius 3 is 2.68 bits per heavy atom. The molecular formula is C20H16FN5O2. The van der Waals surface area contributed by atoms with Crippen molar-refractivity contribution in [2.75, 3.05) is 0 Å². The van der Waals surface area contributed by atoms with E-state index in [9.17, 15) is 14.0 Å². The van der Waals surface area contributed by atoms with E-state index in [2.05, 4.69) is 20.5 Å². The van der Waals surface area contributed by atoms with E-state index in [0.717, 1.165) is 0 Å². The van der Waals surface area contributed by atoms with Crippen LogP contribution in [0.2, 0.25) is 0 Å². The Morgan fingerprint density at radius 2 is 1.96 bits per heavy atom. The van der Waals surface area contributed by atoms with E-state index in [-0.39, 0.29) is 11.3 Å². The van der Waals surface area contributed by atoms with Crippen LogP contribution in [0.25, 0.3) is 10.8 Å². The minimum atomic E-state index is -0.698. The Bertz CT molecular complexity index is 1230. The molecule has 140 valence electrons. The maximum atomic E-state index is 13.8. The molecular weight excluding hydrogens is 361 g/mol. The molecule has 28 heavy (non-hydrogen) atoms. The van der Waals surface area contributed by atoms with Gasteiger partial charge in [-0.15, -0.1) is 0 Å². The molecule has 0 bridgehead atoms. The summed E-state index contributed by atoms with van der Waals surface area (Å²) in [6.07, 6.45) is 3.34. The van der Waals surface area contributed by atoms with Crippen LogP contribution in [0.15, 0.2) is 65.7 Å². The van der Waals surface area contributed by atoms with E-state index >= 15 is 0 Å². The van der Waals surface area contributed by atoms with Gasteiger partial charge < -0.3 is 9.88 Å². The molecule has 4 rings (SSSR count). The number of carbonyl (C=O) groups is 1. The van der Waals surface area contributed by atoms with Gasteiger partial charge in [-0.1, -0.05) is 30.3 Å². The normalized spacial score (nSPS) is 12.1. The Morgan fingerprint density at radius 1 is 1.18 bits per heavy atom. The first-order valence-corrected chi connectivity index (χ1v) is 8.55. The van der Waals surface area contributed by atoms with E-state index in [0.29, 0.717) is 22.2 Å². The smallest absolute Gasteiger partial charge is 0.273 e. The molecule has 0 saturated heterocycles. The summed E-state index contributed by atoms with van der Waals surface area (Å²) in [5.41, 5.74) is 0.236. The Balaban J connectivity index is 1.78. The van der Waals surface area contributed by atoms with Gasteiger partial charge in [-0.3, -0.25) is 9.59 Å². The molecule has 0 saturated carbocycles. The molecule has 2 aromatic carbocycles. The van der Waals surface area contributed by atoms with E-state index in [1.54, 1.807) is 60.4 Å². The molecule has 2 heterocycles. The van der Waals surface area contributed by atoms with E-state index in [1.165, 1.54) is 12.1 Å². The van der Waals surface area contributed by atoms with Crippen molar-refractivity contribution in [2.45, 2.75) is 6.04 Å². The van der Waals surface area contributed by atoms with Crippen LogP contribution in [0.4, 0.5) is 4.39 Å². The highest BCUT2D eigenvalue weighted by molar-refractivity contribution is 6.04. The third kappa shape index (κ3) is 3.16. The summed E-state index contributed by atoms with van der Waals surface area (Å²) in [4.78, 5) is 29.3. The maximum Gasteiger partial charge on any atom is 0.273 e. The number of H-pyrrole nitrogens is 1. The van der Waals surface area contributed by atoms with E-state index in [4.69, 9.17) is 0 Å². The number of rotatable bonds is 4. The zero-order chi connectivity index (χ0) is 19.7. The zero-order valence-corrected chi connectivity index (χ0v) is 14.9. The van der Waals surface area contributed by atoms with E-state index in [1.807, 2.05) is 0 Å². The van der Waals surface area contributed by atoms with Crippen molar-refractivity contribution in [2.24, 2.45) is 7.05 Å². The molecule has 1 amide bonds. The molecule has 7 nitrogen and oxygen atoms in total. The number of imidazole rings is 1. The summed E-state index contributed by atoms with van der Waals surface area (Å²) < 4.78 is 15.5. The van der Waals surface area contributed by atoms with Gasteiger partial charge in [0.05, 0.1) is 5.39 Å². The van der Waals surface area contributed by atoms with Crippen LogP contribution in [0.3, 0.4) is 0 Å². The van der Waals surface area contributed by atoms with Crippen LogP contribution in [-0.2, 0) is 7.05 Å². The molecule has 2 aromatic heterocycles. The summed E-state index contributed by atoms with van der Waals surface area (Å²) >= 11 is 0. The van der Waals surface area contributed by atoms with Gasteiger partial charge in [0.2, 0.25) is 0 Å². The van der Waals surface area contributed by atoms with Gasteiger partial charge in [0.25, 0.3) is 11.5 Å². The predicted molar refractivity (Wildman–Crippen MR) is 101 cm³/mol. The van der Waals surface area contributed by atoms with E-state index < -0.39 is 17.8 Å². The number of hydrogen-bond acceptors (Lipinski definition) is 4. The van der Waals surface area contributed by atoms with Crippen LogP contribution in [0.1, 0.15) is 27.9 Å². The highest BCUT2D eigenvalue weighted by atomic mass is 19.1. The van der Waals surface area contributed by atoms with Crippen molar-refractivity contribution in [1.29, 1.82) is 0 Å². The fourth-order valence-electron chi connectivity index (χ4n) is 3.13. The second-order valence-electron chi connectivity index (χ2n) is 6.30. The van der Waals surface area contributed by atoms with Crippen molar-refractivity contribution in [3.8, 4) is 0 Å². The SMILES string of the molecule is Cn1ccnc1[C@@H](NC(=O)c1n[nH]c(=O)c2ccccc12)c1cccc(F)c1. The molecule has 4 aromatic rings. The van der Waals surface area contributed by atoms with Gasteiger partial charge in [0.1, 0.15) is 17.7 Å². The van der Waals surface area contributed by atoms with Crippen molar-refractivity contribution in [3.63, 3.8) is 0 Å². The zero-order valence-electron chi connectivity index (χ0n) is 14.9. The fourth-order valence-corrected chi connectivity index (χ4v) is 3.13. The lowest BCUT2D eigenvalue weighted by atomic mass is 10.0. The number of benzene rings is 2. The number of nitrogens with one attached hydrogen (secondary N) is 2. The Kier molecular flexibility index (Phi) is 4.44. The summed E-state index contributed by atoms with van der Waals surface area (Å²) in [7, 11) is 1.79. The molecule has 0 spiro atoms. The fraction of sp³-hybridized carbons (Fsp3) is 0.100. The lowest BCUT2D eigenvalue weighted by Gasteiger charge is -2.19. The molecule has 0 radical (unpaired) electrons. The van der Waals surface area contributed by atoms with Crippen molar-refractivity contribution in [3.05, 3.63) is 94.2 Å². The van der Waals surface area contributed by atoms with Gasteiger partial charge in [-0.05, 0) is 23.8 Å². The monoisotopic (exact) mass is 377 g/mol.